The molecule has 0 atom stereocenters. The molecule has 0 radical (unpaired) electrons. The highest BCUT2D eigenvalue weighted by molar-refractivity contribution is 7.80. The summed E-state index contributed by atoms with van der Waals surface area (Å²) in [5, 5.41) is 6.25. The largest absolute Gasteiger partial charge is 0.358 e. The Morgan fingerprint density at radius 1 is 1.29 bits per heavy atom. The van der Waals surface area contributed by atoms with Crippen LogP contribution in [-0.4, -0.2) is 10.1 Å². The Morgan fingerprint density at radius 2 is 2.05 bits per heavy atom. The molecule has 0 aliphatic carbocycles. The van der Waals surface area contributed by atoms with Crippen molar-refractivity contribution in [3.05, 3.63) is 57.6 Å². The molecule has 1 aromatic carbocycles. The Morgan fingerprint density at radius 3 is 2.76 bits per heavy atom. The van der Waals surface area contributed by atoms with Gasteiger partial charge in [0.05, 0.1) is 15.7 Å². The van der Waals surface area contributed by atoms with Crippen LogP contribution in [0.15, 0.2) is 30.5 Å². The lowest BCUT2D eigenvalue weighted by molar-refractivity contribution is 0.628. The molecule has 0 amide bonds. The fourth-order valence-electron chi connectivity index (χ4n) is 1.67. The number of rotatable bonds is 3. The molecule has 1 aromatic heterocycles. The van der Waals surface area contributed by atoms with Crippen LogP contribution in [0, 0.1) is 12.7 Å². The van der Waals surface area contributed by atoms with Gasteiger partial charge in [-0.2, -0.15) is 0 Å². The lowest BCUT2D eigenvalue weighted by Crippen LogP contribution is -2.28. The summed E-state index contributed by atoms with van der Waals surface area (Å²) in [5.41, 5.74) is 2.41. The number of hydrogen-bond donors (Lipinski definition) is 2. The van der Waals surface area contributed by atoms with E-state index in [0.29, 0.717) is 17.3 Å². The third-order valence-electron chi connectivity index (χ3n) is 2.84. The Bertz CT molecular complexity index is 679. The third-order valence-corrected chi connectivity index (χ3v) is 3.94. The van der Waals surface area contributed by atoms with Crippen molar-refractivity contribution in [3.8, 4) is 0 Å². The molecule has 2 aromatic rings. The van der Waals surface area contributed by atoms with E-state index in [9.17, 15) is 4.39 Å². The predicted molar refractivity (Wildman–Crippen MR) is 88.5 cm³/mol. The number of benzene rings is 1. The summed E-state index contributed by atoms with van der Waals surface area (Å²) in [5.74, 6) is -0.572. The molecule has 21 heavy (non-hydrogen) atoms. The summed E-state index contributed by atoms with van der Waals surface area (Å²) in [6, 6.07) is 6.52. The zero-order valence-corrected chi connectivity index (χ0v) is 13.4. The number of nitrogens with zero attached hydrogens (tertiary/aromatic N) is 1. The zero-order valence-electron chi connectivity index (χ0n) is 11.1. The molecule has 1 heterocycles. The molecule has 0 spiro atoms. The molecule has 0 saturated carbocycles. The SMILES string of the molecule is Cc1ncccc1CNC(=S)Nc1ccc(F)c(Cl)c1Cl. The Hall–Kier alpha value is -1.43. The van der Waals surface area contributed by atoms with Crippen molar-refractivity contribution < 1.29 is 4.39 Å². The maximum atomic E-state index is 13.2. The highest BCUT2D eigenvalue weighted by Gasteiger charge is 2.10. The van der Waals surface area contributed by atoms with Crippen LogP contribution in [0.3, 0.4) is 0 Å². The second kappa shape index (κ2) is 7.02. The number of aromatic nitrogens is 1. The summed E-state index contributed by atoms with van der Waals surface area (Å²) in [7, 11) is 0. The van der Waals surface area contributed by atoms with Crippen molar-refractivity contribution in [1.29, 1.82) is 0 Å². The van der Waals surface area contributed by atoms with Crippen molar-refractivity contribution in [2.75, 3.05) is 5.32 Å². The molecule has 0 saturated heterocycles. The zero-order chi connectivity index (χ0) is 15.4. The van der Waals surface area contributed by atoms with E-state index in [1.807, 2.05) is 19.1 Å². The monoisotopic (exact) mass is 343 g/mol. The number of hydrogen-bond acceptors (Lipinski definition) is 2. The van der Waals surface area contributed by atoms with E-state index in [0.717, 1.165) is 11.3 Å². The highest BCUT2D eigenvalue weighted by Crippen LogP contribution is 2.31. The van der Waals surface area contributed by atoms with Gasteiger partial charge in [0.15, 0.2) is 5.11 Å². The second-order valence-electron chi connectivity index (χ2n) is 4.28. The Balaban J connectivity index is 2.00. The number of thiocarbonyl (C=S) groups is 1. The van der Waals surface area contributed by atoms with Crippen LogP contribution < -0.4 is 10.6 Å². The molecule has 0 aliphatic rings. The van der Waals surface area contributed by atoms with E-state index >= 15 is 0 Å². The molecule has 0 fully saturated rings. The normalized spacial score (nSPS) is 10.3. The fraction of sp³-hybridized carbons (Fsp3) is 0.143. The molecular formula is C14H12Cl2FN3S. The second-order valence-corrected chi connectivity index (χ2v) is 5.44. The summed E-state index contributed by atoms with van der Waals surface area (Å²) in [6.07, 6.45) is 1.73. The van der Waals surface area contributed by atoms with E-state index < -0.39 is 5.82 Å². The molecule has 110 valence electrons. The van der Waals surface area contributed by atoms with Crippen LogP contribution in [0.4, 0.5) is 10.1 Å². The maximum Gasteiger partial charge on any atom is 0.171 e. The van der Waals surface area contributed by atoms with Gasteiger partial charge in [-0.25, -0.2) is 4.39 Å². The molecule has 0 bridgehead atoms. The van der Waals surface area contributed by atoms with Crippen LogP contribution >= 0.6 is 35.4 Å². The number of pyridine rings is 1. The smallest absolute Gasteiger partial charge is 0.171 e. The summed E-state index contributed by atoms with van der Waals surface area (Å²) in [4.78, 5) is 4.19. The maximum absolute atomic E-state index is 13.2. The summed E-state index contributed by atoms with van der Waals surface area (Å²) >= 11 is 16.9. The third kappa shape index (κ3) is 4.03. The van der Waals surface area contributed by atoms with Gasteiger partial charge in [0.1, 0.15) is 5.82 Å². The van der Waals surface area contributed by atoms with Crippen molar-refractivity contribution in [1.82, 2.24) is 10.3 Å². The molecule has 2 rings (SSSR count). The van der Waals surface area contributed by atoms with Gasteiger partial charge in [-0.3, -0.25) is 4.98 Å². The lowest BCUT2D eigenvalue weighted by atomic mass is 10.2. The van der Waals surface area contributed by atoms with Crippen LogP contribution in [-0.2, 0) is 6.54 Å². The highest BCUT2D eigenvalue weighted by atomic mass is 35.5. The molecule has 2 N–H and O–H groups in total. The molecule has 7 heteroatoms. The van der Waals surface area contributed by atoms with Crippen molar-refractivity contribution in [2.45, 2.75) is 13.5 Å². The molecule has 0 unspecified atom stereocenters. The number of halogens is 3. The van der Waals surface area contributed by atoms with Crippen LogP contribution in [0.25, 0.3) is 0 Å². The Labute approximate surface area is 137 Å². The van der Waals surface area contributed by atoms with E-state index in [4.69, 9.17) is 35.4 Å². The molecule has 3 nitrogen and oxygen atoms in total. The van der Waals surface area contributed by atoms with Crippen molar-refractivity contribution >= 4 is 46.2 Å². The lowest BCUT2D eigenvalue weighted by Gasteiger charge is -2.13. The van der Waals surface area contributed by atoms with Crippen molar-refractivity contribution in [2.24, 2.45) is 0 Å². The summed E-state index contributed by atoms with van der Waals surface area (Å²) in [6.45, 7) is 2.45. The standard InChI is InChI=1S/C14H12Cl2FN3S/c1-8-9(3-2-6-18-8)7-19-14(21)20-11-5-4-10(17)12(15)13(11)16/h2-6H,7H2,1H3,(H2,19,20,21). The topological polar surface area (TPSA) is 37.0 Å². The van der Waals surface area contributed by atoms with Gasteiger partial charge in [-0.05, 0) is 42.9 Å². The van der Waals surface area contributed by atoms with Gasteiger partial charge < -0.3 is 10.6 Å². The first-order valence-corrected chi connectivity index (χ1v) is 7.24. The average Bonchev–Trinajstić information content (AvgIpc) is 2.47. The number of nitrogens with one attached hydrogen (secondary N) is 2. The van der Waals surface area contributed by atoms with E-state index in [1.54, 1.807) is 6.20 Å². The predicted octanol–water partition coefficient (Wildman–Crippen LogP) is 4.32. The first-order valence-electron chi connectivity index (χ1n) is 6.08. The minimum Gasteiger partial charge on any atom is -0.358 e. The van der Waals surface area contributed by atoms with Crippen LogP contribution in [0.5, 0.6) is 0 Å². The van der Waals surface area contributed by atoms with E-state index in [2.05, 4.69) is 15.6 Å². The fourth-order valence-corrected chi connectivity index (χ4v) is 2.22. The van der Waals surface area contributed by atoms with Crippen molar-refractivity contribution in [3.63, 3.8) is 0 Å². The van der Waals surface area contributed by atoms with Gasteiger partial charge in [0, 0.05) is 18.4 Å². The first-order chi connectivity index (χ1) is 9.99. The van der Waals surface area contributed by atoms with Gasteiger partial charge in [-0.1, -0.05) is 29.3 Å². The van der Waals surface area contributed by atoms with E-state index in [1.165, 1.54) is 12.1 Å². The van der Waals surface area contributed by atoms with E-state index in [-0.39, 0.29) is 10.0 Å². The average molecular weight is 344 g/mol. The number of anilines is 1. The Kier molecular flexibility index (Phi) is 5.33. The molecule has 0 aliphatic heterocycles. The quantitative estimate of drug-likeness (QED) is 0.642. The first kappa shape index (κ1) is 15.9. The minimum atomic E-state index is -0.572. The summed E-state index contributed by atoms with van der Waals surface area (Å²) < 4.78 is 13.2. The molecular weight excluding hydrogens is 332 g/mol. The number of aryl methyl sites for hydroxylation is 1. The van der Waals surface area contributed by atoms with Crippen LogP contribution in [0.2, 0.25) is 10.0 Å². The van der Waals surface area contributed by atoms with Gasteiger partial charge >= 0.3 is 0 Å². The van der Waals surface area contributed by atoms with Crippen LogP contribution in [0.1, 0.15) is 11.3 Å². The van der Waals surface area contributed by atoms with Gasteiger partial charge in [-0.15, -0.1) is 0 Å². The van der Waals surface area contributed by atoms with Gasteiger partial charge in [0.25, 0.3) is 0 Å². The minimum absolute atomic E-state index is 0.0957. The van der Waals surface area contributed by atoms with Gasteiger partial charge in [0.2, 0.25) is 0 Å².